The average Bonchev–Trinajstić information content (AvgIpc) is 2.52. The normalized spacial score (nSPS) is 20.8. The first-order chi connectivity index (χ1) is 6.24. The van der Waals surface area contributed by atoms with E-state index in [1.807, 2.05) is 6.92 Å². The fourth-order valence-corrected chi connectivity index (χ4v) is 1.06. The fourth-order valence-electron chi connectivity index (χ4n) is 0.885. The lowest BCUT2D eigenvalue weighted by molar-refractivity contribution is -0.155. The summed E-state index contributed by atoms with van der Waals surface area (Å²) in [6.45, 7) is 2.46. The van der Waals surface area contributed by atoms with Crippen LogP contribution in [0.4, 0.5) is 0 Å². The van der Waals surface area contributed by atoms with Crippen molar-refractivity contribution in [3.8, 4) is 0 Å². The van der Waals surface area contributed by atoms with Gasteiger partial charge in [-0.2, -0.15) is 0 Å². The number of nitrogens with zero attached hydrogens (tertiary/aromatic N) is 1. The molecule has 74 valence electrons. The lowest BCUT2D eigenvalue weighted by Gasteiger charge is -2.07. The first-order valence-corrected chi connectivity index (χ1v) is 4.66. The number of oxime groups is 1. The maximum Gasteiger partial charge on any atom is 0.350 e. The lowest BCUT2D eigenvalue weighted by atomic mass is 10.3. The number of carbonyl (C=O) groups excluding carboxylic acids is 1. The second-order valence-electron chi connectivity index (χ2n) is 2.79. The third kappa shape index (κ3) is 3.22. The van der Waals surface area contributed by atoms with Gasteiger partial charge in [0.1, 0.15) is 5.17 Å². The van der Waals surface area contributed by atoms with E-state index < -0.39 is 6.10 Å². The highest BCUT2D eigenvalue weighted by atomic mass is 35.5. The minimum atomic E-state index is -0.635. The molecule has 0 bridgehead atoms. The summed E-state index contributed by atoms with van der Waals surface area (Å²) in [7, 11) is 0. The molecule has 0 spiro atoms. The Morgan fingerprint density at radius 1 is 1.85 bits per heavy atom. The molecule has 0 saturated carbocycles. The smallest absolute Gasteiger partial charge is 0.350 e. The molecule has 0 aromatic heterocycles. The molecule has 4 nitrogen and oxygen atoms in total. The van der Waals surface area contributed by atoms with Gasteiger partial charge < -0.3 is 9.57 Å². The predicted octanol–water partition coefficient (Wildman–Crippen LogP) is 1.67. The third-order valence-corrected chi connectivity index (χ3v) is 1.86. The molecule has 1 aliphatic rings. The molecular formula is C8H12ClNO3. The molecule has 0 unspecified atom stereocenters. The highest BCUT2D eigenvalue weighted by Crippen LogP contribution is 2.14. The molecule has 5 heteroatoms. The van der Waals surface area contributed by atoms with Crippen molar-refractivity contribution in [2.24, 2.45) is 5.16 Å². The zero-order chi connectivity index (χ0) is 9.68. The van der Waals surface area contributed by atoms with E-state index in [0.29, 0.717) is 18.2 Å². The van der Waals surface area contributed by atoms with Crippen molar-refractivity contribution in [1.29, 1.82) is 0 Å². The summed E-state index contributed by atoms with van der Waals surface area (Å²) in [5.74, 6) is -0.382. The quantitative estimate of drug-likeness (QED) is 0.518. The topological polar surface area (TPSA) is 47.9 Å². The number of rotatable bonds is 4. The monoisotopic (exact) mass is 205 g/mol. The molecule has 0 N–H and O–H groups in total. The Hall–Kier alpha value is -0.770. The van der Waals surface area contributed by atoms with Crippen LogP contribution in [0.25, 0.3) is 0 Å². The minimum Gasteiger partial charge on any atom is -0.463 e. The molecule has 13 heavy (non-hydrogen) atoms. The van der Waals surface area contributed by atoms with E-state index in [0.717, 1.165) is 12.8 Å². The van der Waals surface area contributed by atoms with Gasteiger partial charge in [-0.05, 0) is 6.42 Å². The van der Waals surface area contributed by atoms with Crippen LogP contribution in [0.15, 0.2) is 5.16 Å². The van der Waals surface area contributed by atoms with Crippen molar-refractivity contribution in [2.45, 2.75) is 32.3 Å². The van der Waals surface area contributed by atoms with Gasteiger partial charge in [0.25, 0.3) is 0 Å². The summed E-state index contributed by atoms with van der Waals surface area (Å²) in [5.41, 5.74) is 0. The van der Waals surface area contributed by atoms with Crippen LogP contribution in [0, 0.1) is 0 Å². The molecule has 0 saturated heterocycles. The van der Waals surface area contributed by atoms with Crippen LogP contribution in [0.2, 0.25) is 0 Å². The average molecular weight is 206 g/mol. The molecule has 0 amide bonds. The molecule has 0 radical (unpaired) electrons. The number of hydrogen-bond donors (Lipinski definition) is 0. The van der Waals surface area contributed by atoms with Gasteiger partial charge in [-0.25, -0.2) is 4.79 Å². The molecule has 1 aliphatic heterocycles. The summed E-state index contributed by atoms with van der Waals surface area (Å²) in [6, 6.07) is 0. The van der Waals surface area contributed by atoms with Crippen LogP contribution in [-0.4, -0.2) is 23.9 Å². The summed E-state index contributed by atoms with van der Waals surface area (Å²) in [5, 5.41) is 3.77. The second kappa shape index (κ2) is 5.07. The standard InChI is InChI=1S/C8H12ClNO3/c1-2-3-4-12-8(11)6-5-7(9)10-13-6/h6H,2-5H2,1H3/t6-/m1/s1. The lowest BCUT2D eigenvalue weighted by Crippen LogP contribution is -2.23. The van der Waals surface area contributed by atoms with Crippen molar-refractivity contribution in [1.82, 2.24) is 0 Å². The van der Waals surface area contributed by atoms with Gasteiger partial charge >= 0.3 is 5.97 Å². The number of hydrogen-bond acceptors (Lipinski definition) is 4. The fraction of sp³-hybridized carbons (Fsp3) is 0.750. The van der Waals surface area contributed by atoms with Gasteiger partial charge in [-0.1, -0.05) is 30.1 Å². The Bertz CT molecular complexity index is 217. The van der Waals surface area contributed by atoms with Crippen LogP contribution < -0.4 is 0 Å². The minimum absolute atomic E-state index is 0.317. The van der Waals surface area contributed by atoms with Gasteiger partial charge in [-0.15, -0.1) is 0 Å². The number of unbranched alkanes of at least 4 members (excludes halogenated alkanes) is 1. The molecule has 0 aromatic carbocycles. The number of carbonyl (C=O) groups is 1. The Morgan fingerprint density at radius 2 is 2.62 bits per heavy atom. The molecular weight excluding hydrogens is 194 g/mol. The summed E-state index contributed by atoms with van der Waals surface area (Å²) >= 11 is 5.53. The van der Waals surface area contributed by atoms with Crippen LogP contribution in [0.5, 0.6) is 0 Å². The summed E-state index contributed by atoms with van der Waals surface area (Å²) < 4.78 is 4.92. The Balaban J connectivity index is 2.18. The number of esters is 1. The van der Waals surface area contributed by atoms with Gasteiger partial charge in [0.05, 0.1) is 13.0 Å². The predicted molar refractivity (Wildman–Crippen MR) is 48.6 cm³/mol. The number of halogens is 1. The molecule has 1 atom stereocenters. The van der Waals surface area contributed by atoms with Crippen molar-refractivity contribution < 1.29 is 14.4 Å². The Morgan fingerprint density at radius 3 is 3.15 bits per heavy atom. The van der Waals surface area contributed by atoms with Crippen LogP contribution >= 0.6 is 11.6 Å². The van der Waals surface area contributed by atoms with Gasteiger partial charge in [0.15, 0.2) is 0 Å². The van der Waals surface area contributed by atoms with Gasteiger partial charge in [0, 0.05) is 0 Å². The van der Waals surface area contributed by atoms with E-state index in [1.54, 1.807) is 0 Å². The summed E-state index contributed by atoms with van der Waals surface area (Å²) in [6.07, 6.45) is 1.56. The maximum absolute atomic E-state index is 11.2. The van der Waals surface area contributed by atoms with E-state index >= 15 is 0 Å². The van der Waals surface area contributed by atoms with Crippen molar-refractivity contribution >= 4 is 22.7 Å². The van der Waals surface area contributed by atoms with E-state index in [2.05, 4.69) is 5.16 Å². The van der Waals surface area contributed by atoms with Crippen LogP contribution in [-0.2, 0) is 14.4 Å². The highest BCUT2D eigenvalue weighted by Gasteiger charge is 2.28. The van der Waals surface area contributed by atoms with Crippen LogP contribution in [0.1, 0.15) is 26.2 Å². The van der Waals surface area contributed by atoms with E-state index in [9.17, 15) is 4.79 Å². The van der Waals surface area contributed by atoms with Gasteiger partial charge in [0.2, 0.25) is 6.10 Å². The maximum atomic E-state index is 11.2. The summed E-state index contributed by atoms with van der Waals surface area (Å²) in [4.78, 5) is 15.9. The first kappa shape index (κ1) is 10.3. The molecule has 0 fully saturated rings. The zero-order valence-corrected chi connectivity index (χ0v) is 8.21. The number of ether oxygens (including phenoxy) is 1. The SMILES string of the molecule is CCCCOC(=O)[C@H]1CC(Cl)=NO1. The van der Waals surface area contributed by atoms with Crippen LogP contribution in [0.3, 0.4) is 0 Å². The molecule has 1 heterocycles. The molecule has 0 aromatic rings. The highest BCUT2D eigenvalue weighted by molar-refractivity contribution is 6.65. The van der Waals surface area contributed by atoms with Crippen molar-refractivity contribution in [3.63, 3.8) is 0 Å². The van der Waals surface area contributed by atoms with E-state index in [1.165, 1.54) is 0 Å². The molecule has 0 aliphatic carbocycles. The Labute approximate surface area is 81.8 Å². The van der Waals surface area contributed by atoms with E-state index in [4.69, 9.17) is 21.2 Å². The van der Waals surface area contributed by atoms with Crippen molar-refractivity contribution in [2.75, 3.05) is 6.61 Å². The zero-order valence-electron chi connectivity index (χ0n) is 7.46. The second-order valence-corrected chi connectivity index (χ2v) is 3.22. The third-order valence-electron chi connectivity index (χ3n) is 1.64. The van der Waals surface area contributed by atoms with Crippen molar-refractivity contribution in [3.05, 3.63) is 0 Å². The largest absolute Gasteiger partial charge is 0.463 e. The molecule has 1 rings (SSSR count). The first-order valence-electron chi connectivity index (χ1n) is 4.29. The van der Waals surface area contributed by atoms with Gasteiger partial charge in [-0.3, -0.25) is 0 Å². The van der Waals surface area contributed by atoms with E-state index in [-0.39, 0.29) is 5.97 Å². The Kier molecular flexibility index (Phi) is 4.02.